The molecule has 0 bridgehead atoms. The summed E-state index contributed by atoms with van der Waals surface area (Å²) in [5, 5.41) is 0.704. The molecular weight excluding hydrogens is 223 g/mol. The van der Waals surface area contributed by atoms with Crippen molar-refractivity contribution in [2.24, 2.45) is 5.73 Å². The van der Waals surface area contributed by atoms with Crippen LogP contribution in [0, 0.1) is 0 Å². The molecule has 2 N–H and O–H groups in total. The number of rotatable bonds is 2. The number of pyridine rings is 1. The van der Waals surface area contributed by atoms with Crippen molar-refractivity contribution in [1.29, 1.82) is 0 Å². The fourth-order valence-electron chi connectivity index (χ4n) is 1.18. The molecule has 14 heavy (non-hydrogen) atoms. The fraction of sp³-hybridized carbons (Fsp3) is 0.333. The lowest BCUT2D eigenvalue weighted by Gasteiger charge is -2.11. The maximum absolute atomic E-state index is 10.9. The number of carbonyl (C=O) groups excluding carboxylic acids is 1. The van der Waals surface area contributed by atoms with E-state index in [0.29, 0.717) is 10.6 Å². The molecule has 0 atom stereocenters. The number of nitrogens with two attached hydrogens (primary N) is 1. The molecule has 1 heterocycles. The van der Waals surface area contributed by atoms with Crippen LogP contribution in [0.1, 0.15) is 35.8 Å². The Morgan fingerprint density at radius 2 is 2.07 bits per heavy atom. The van der Waals surface area contributed by atoms with Crippen molar-refractivity contribution < 1.29 is 4.79 Å². The van der Waals surface area contributed by atoms with Crippen molar-refractivity contribution in [2.45, 2.75) is 19.8 Å². The molecule has 0 aliphatic rings. The van der Waals surface area contributed by atoms with Crippen LogP contribution in [-0.2, 0) is 0 Å². The molecule has 0 fully saturated rings. The largest absolute Gasteiger partial charge is 0.364 e. The predicted molar refractivity (Wildman–Crippen MR) is 56.9 cm³/mol. The van der Waals surface area contributed by atoms with Gasteiger partial charge in [0.15, 0.2) is 0 Å². The second-order valence-corrected chi connectivity index (χ2v) is 3.99. The minimum absolute atomic E-state index is 0.0692. The standard InChI is InChI=1S/C9H10Cl2N2O/c1-4(2)6-5(10)3-13-8(7(6)11)9(12)14/h3-4H,1-2H3,(H2,12,14). The van der Waals surface area contributed by atoms with E-state index in [4.69, 9.17) is 28.9 Å². The molecule has 1 amide bonds. The van der Waals surface area contributed by atoms with Crippen LogP contribution in [0.3, 0.4) is 0 Å². The number of amides is 1. The molecule has 5 heteroatoms. The van der Waals surface area contributed by atoms with Crippen molar-refractivity contribution in [3.05, 3.63) is 27.5 Å². The number of aromatic nitrogens is 1. The summed E-state index contributed by atoms with van der Waals surface area (Å²) in [4.78, 5) is 14.7. The lowest BCUT2D eigenvalue weighted by atomic mass is 10.0. The normalized spacial score (nSPS) is 10.6. The molecule has 1 aromatic heterocycles. The lowest BCUT2D eigenvalue weighted by Crippen LogP contribution is -2.15. The van der Waals surface area contributed by atoms with Crippen molar-refractivity contribution in [1.82, 2.24) is 4.98 Å². The highest BCUT2D eigenvalue weighted by atomic mass is 35.5. The highest BCUT2D eigenvalue weighted by molar-refractivity contribution is 6.37. The van der Waals surface area contributed by atoms with Gasteiger partial charge in [-0.3, -0.25) is 4.79 Å². The minimum atomic E-state index is -0.645. The van der Waals surface area contributed by atoms with E-state index >= 15 is 0 Å². The Bertz CT molecular complexity index is 377. The molecule has 0 aromatic carbocycles. The third-order valence-electron chi connectivity index (χ3n) is 1.82. The highest BCUT2D eigenvalue weighted by Crippen LogP contribution is 2.32. The molecule has 0 aliphatic heterocycles. The Balaban J connectivity index is 3.41. The smallest absolute Gasteiger partial charge is 0.268 e. The first-order valence-electron chi connectivity index (χ1n) is 4.08. The van der Waals surface area contributed by atoms with Gasteiger partial charge in [0.25, 0.3) is 5.91 Å². The third-order valence-corrected chi connectivity index (χ3v) is 2.50. The monoisotopic (exact) mass is 232 g/mol. The van der Waals surface area contributed by atoms with E-state index in [-0.39, 0.29) is 16.6 Å². The summed E-state index contributed by atoms with van der Waals surface area (Å²) in [7, 11) is 0. The maximum atomic E-state index is 10.9. The lowest BCUT2D eigenvalue weighted by molar-refractivity contribution is 0.0995. The van der Waals surface area contributed by atoms with E-state index in [1.807, 2.05) is 13.8 Å². The van der Waals surface area contributed by atoms with Gasteiger partial charge in [0.1, 0.15) is 5.69 Å². The number of nitrogens with zero attached hydrogens (tertiary/aromatic N) is 1. The van der Waals surface area contributed by atoms with Gasteiger partial charge >= 0.3 is 0 Å². The van der Waals surface area contributed by atoms with Gasteiger partial charge in [-0.25, -0.2) is 4.98 Å². The number of halogens is 2. The van der Waals surface area contributed by atoms with Gasteiger partial charge in [0.2, 0.25) is 0 Å². The summed E-state index contributed by atoms with van der Waals surface area (Å²) in [6.07, 6.45) is 1.39. The Morgan fingerprint density at radius 1 is 1.50 bits per heavy atom. The average molecular weight is 233 g/mol. The molecule has 0 aliphatic carbocycles. The van der Waals surface area contributed by atoms with Crippen molar-refractivity contribution >= 4 is 29.1 Å². The summed E-state index contributed by atoms with van der Waals surface area (Å²) in [5.74, 6) is -0.523. The Kier molecular flexibility index (Phi) is 3.34. The molecular formula is C9H10Cl2N2O. The van der Waals surface area contributed by atoms with E-state index in [9.17, 15) is 4.79 Å². The molecule has 0 spiro atoms. The number of carbonyl (C=O) groups is 1. The van der Waals surface area contributed by atoms with Crippen LogP contribution in [0.15, 0.2) is 6.20 Å². The quantitative estimate of drug-likeness (QED) is 0.853. The third kappa shape index (κ3) is 1.99. The van der Waals surface area contributed by atoms with E-state index in [2.05, 4.69) is 4.98 Å². The Hall–Kier alpha value is -0.800. The fourth-order valence-corrected chi connectivity index (χ4v) is 2.05. The zero-order chi connectivity index (χ0) is 10.9. The van der Waals surface area contributed by atoms with Gasteiger partial charge in [0.05, 0.1) is 10.0 Å². The zero-order valence-corrected chi connectivity index (χ0v) is 9.36. The van der Waals surface area contributed by atoms with Crippen LogP contribution in [0.4, 0.5) is 0 Å². The van der Waals surface area contributed by atoms with Gasteiger partial charge in [-0.05, 0) is 11.5 Å². The number of hydrogen-bond acceptors (Lipinski definition) is 2. The Labute approximate surface area is 92.2 Å². The molecule has 0 saturated heterocycles. The topological polar surface area (TPSA) is 56.0 Å². The summed E-state index contributed by atoms with van der Waals surface area (Å²) in [6.45, 7) is 3.86. The molecule has 1 rings (SSSR count). The van der Waals surface area contributed by atoms with Crippen LogP contribution in [0.25, 0.3) is 0 Å². The van der Waals surface area contributed by atoms with Crippen molar-refractivity contribution in [3.63, 3.8) is 0 Å². The second-order valence-electron chi connectivity index (χ2n) is 3.20. The average Bonchev–Trinajstić information content (AvgIpc) is 2.02. The molecule has 76 valence electrons. The SMILES string of the molecule is CC(C)c1c(Cl)cnc(C(N)=O)c1Cl. The minimum Gasteiger partial charge on any atom is -0.364 e. The summed E-state index contributed by atoms with van der Waals surface area (Å²) < 4.78 is 0. The van der Waals surface area contributed by atoms with Crippen LogP contribution >= 0.6 is 23.2 Å². The molecule has 0 radical (unpaired) electrons. The number of primary amides is 1. The maximum Gasteiger partial charge on any atom is 0.268 e. The summed E-state index contributed by atoms with van der Waals surface area (Å²) in [6, 6.07) is 0. The van der Waals surface area contributed by atoms with Crippen LogP contribution in [0.5, 0.6) is 0 Å². The van der Waals surface area contributed by atoms with Gasteiger partial charge in [-0.2, -0.15) is 0 Å². The van der Waals surface area contributed by atoms with Crippen LogP contribution < -0.4 is 5.73 Å². The van der Waals surface area contributed by atoms with Crippen molar-refractivity contribution in [3.8, 4) is 0 Å². The van der Waals surface area contributed by atoms with Crippen LogP contribution in [-0.4, -0.2) is 10.9 Å². The van der Waals surface area contributed by atoms with Crippen LogP contribution in [0.2, 0.25) is 10.0 Å². The van der Waals surface area contributed by atoms with E-state index in [0.717, 1.165) is 0 Å². The molecule has 3 nitrogen and oxygen atoms in total. The first-order valence-corrected chi connectivity index (χ1v) is 4.84. The van der Waals surface area contributed by atoms with Gasteiger partial charge < -0.3 is 5.73 Å². The zero-order valence-electron chi connectivity index (χ0n) is 7.84. The summed E-state index contributed by atoms with van der Waals surface area (Å²) >= 11 is 11.9. The van der Waals surface area contributed by atoms with Crippen molar-refractivity contribution in [2.75, 3.05) is 0 Å². The molecule has 0 unspecified atom stereocenters. The predicted octanol–water partition coefficient (Wildman–Crippen LogP) is 2.61. The second kappa shape index (κ2) is 4.15. The van der Waals surface area contributed by atoms with E-state index in [1.165, 1.54) is 6.20 Å². The van der Waals surface area contributed by atoms with E-state index in [1.54, 1.807) is 0 Å². The first-order chi connectivity index (χ1) is 6.45. The highest BCUT2D eigenvalue weighted by Gasteiger charge is 2.17. The Morgan fingerprint density at radius 3 is 2.50 bits per heavy atom. The van der Waals surface area contributed by atoms with Gasteiger partial charge in [-0.15, -0.1) is 0 Å². The van der Waals surface area contributed by atoms with Gasteiger partial charge in [-0.1, -0.05) is 37.0 Å². The molecule has 1 aromatic rings. The first kappa shape index (κ1) is 11.3. The molecule has 0 saturated carbocycles. The summed E-state index contributed by atoms with van der Waals surface area (Å²) in [5.41, 5.74) is 5.88. The van der Waals surface area contributed by atoms with Gasteiger partial charge in [0, 0.05) is 6.20 Å². The number of hydrogen-bond donors (Lipinski definition) is 1. The van der Waals surface area contributed by atoms with E-state index < -0.39 is 5.91 Å².